The molecule has 0 aliphatic carbocycles. The highest BCUT2D eigenvalue weighted by Gasteiger charge is 2.12. The van der Waals surface area contributed by atoms with Gasteiger partial charge in [-0.2, -0.15) is 0 Å². The predicted molar refractivity (Wildman–Crippen MR) is 77.6 cm³/mol. The van der Waals surface area contributed by atoms with E-state index in [1.54, 1.807) is 6.07 Å². The molecule has 1 atom stereocenters. The summed E-state index contributed by atoms with van der Waals surface area (Å²) < 4.78 is 26.7. The van der Waals surface area contributed by atoms with Crippen molar-refractivity contribution in [3.05, 3.63) is 70.8 Å². The van der Waals surface area contributed by atoms with Crippen molar-refractivity contribution in [2.75, 3.05) is 0 Å². The topological polar surface area (TPSA) is 26.0 Å². The molecule has 106 valence electrons. The predicted octanol–water partition coefficient (Wildman–Crippen LogP) is 3.64. The summed E-state index contributed by atoms with van der Waals surface area (Å²) in [6.07, 6.45) is 1.99. The minimum Gasteiger partial charge on any atom is -0.327 e. The van der Waals surface area contributed by atoms with Crippen molar-refractivity contribution in [1.82, 2.24) is 0 Å². The number of aryl methyl sites for hydroxylation is 1. The highest BCUT2D eigenvalue weighted by Crippen LogP contribution is 2.15. The summed E-state index contributed by atoms with van der Waals surface area (Å²) in [7, 11) is 0. The maximum atomic E-state index is 13.6. The molecule has 20 heavy (non-hydrogen) atoms. The van der Waals surface area contributed by atoms with Gasteiger partial charge in [0, 0.05) is 6.04 Å². The Hall–Kier alpha value is -1.74. The fraction of sp³-hybridized carbons (Fsp3) is 0.294. The molecule has 0 saturated carbocycles. The van der Waals surface area contributed by atoms with Crippen LogP contribution in [0.15, 0.2) is 42.5 Å². The summed E-state index contributed by atoms with van der Waals surface area (Å²) in [5, 5.41) is 0. The molecule has 2 rings (SSSR count). The molecule has 2 aromatic carbocycles. The smallest absolute Gasteiger partial charge is 0.162 e. The van der Waals surface area contributed by atoms with E-state index in [1.165, 1.54) is 11.6 Å². The molecule has 0 spiro atoms. The van der Waals surface area contributed by atoms with E-state index in [4.69, 9.17) is 5.73 Å². The molecule has 0 aliphatic rings. The van der Waals surface area contributed by atoms with Crippen molar-refractivity contribution in [3.8, 4) is 0 Å². The second-order valence-electron chi connectivity index (χ2n) is 5.05. The zero-order chi connectivity index (χ0) is 14.5. The minimum absolute atomic E-state index is 0.223. The van der Waals surface area contributed by atoms with Crippen LogP contribution in [0.3, 0.4) is 0 Å². The molecule has 2 aromatic rings. The van der Waals surface area contributed by atoms with Gasteiger partial charge in [-0.3, -0.25) is 0 Å². The first-order valence-corrected chi connectivity index (χ1v) is 6.86. The molecular weight excluding hydrogens is 256 g/mol. The van der Waals surface area contributed by atoms with Gasteiger partial charge in [-0.15, -0.1) is 0 Å². The lowest BCUT2D eigenvalue weighted by molar-refractivity contribution is 0.492. The molecule has 0 radical (unpaired) electrons. The summed E-state index contributed by atoms with van der Waals surface area (Å²) in [4.78, 5) is 0. The lowest BCUT2D eigenvalue weighted by Gasteiger charge is -2.13. The van der Waals surface area contributed by atoms with Gasteiger partial charge >= 0.3 is 0 Å². The Balaban J connectivity index is 2.01. The first-order valence-electron chi connectivity index (χ1n) is 6.86. The highest BCUT2D eigenvalue weighted by atomic mass is 19.2. The van der Waals surface area contributed by atoms with Gasteiger partial charge in [-0.1, -0.05) is 43.3 Å². The van der Waals surface area contributed by atoms with Crippen molar-refractivity contribution < 1.29 is 8.78 Å². The Morgan fingerprint density at radius 2 is 1.60 bits per heavy atom. The average Bonchev–Trinajstić information content (AvgIpc) is 2.45. The number of nitrogens with two attached hydrogens (primary N) is 1. The number of rotatable bonds is 5. The van der Waals surface area contributed by atoms with Crippen LogP contribution in [-0.4, -0.2) is 6.04 Å². The Morgan fingerprint density at radius 1 is 0.950 bits per heavy atom. The number of halogens is 2. The first kappa shape index (κ1) is 14.7. The second kappa shape index (κ2) is 6.62. The van der Waals surface area contributed by atoms with Crippen LogP contribution in [0.1, 0.15) is 23.6 Å². The van der Waals surface area contributed by atoms with Crippen molar-refractivity contribution in [1.29, 1.82) is 0 Å². The van der Waals surface area contributed by atoms with Gasteiger partial charge in [0.1, 0.15) is 0 Å². The maximum absolute atomic E-state index is 13.6. The summed E-state index contributed by atoms with van der Waals surface area (Å²) in [6, 6.07) is 12.2. The van der Waals surface area contributed by atoms with E-state index in [0.29, 0.717) is 18.4 Å². The molecule has 0 amide bonds. The largest absolute Gasteiger partial charge is 0.327 e. The third-order valence-corrected chi connectivity index (χ3v) is 3.44. The third-order valence-electron chi connectivity index (χ3n) is 3.44. The summed E-state index contributed by atoms with van der Waals surface area (Å²) >= 11 is 0. The Labute approximate surface area is 118 Å². The van der Waals surface area contributed by atoms with Crippen LogP contribution < -0.4 is 5.73 Å². The normalized spacial score (nSPS) is 12.4. The Kier molecular flexibility index (Phi) is 4.85. The van der Waals surface area contributed by atoms with Gasteiger partial charge in [0.25, 0.3) is 0 Å². The molecule has 2 N–H and O–H groups in total. The Morgan fingerprint density at radius 3 is 2.25 bits per heavy atom. The van der Waals surface area contributed by atoms with Gasteiger partial charge in [0.15, 0.2) is 11.6 Å². The van der Waals surface area contributed by atoms with Crippen LogP contribution in [0.5, 0.6) is 0 Å². The standard InChI is InChI=1S/C17H19F2N/c1-2-12-6-8-13(9-7-12)10-15(20)11-14-4-3-5-16(18)17(14)19/h3-9,15H,2,10-11,20H2,1H3. The summed E-state index contributed by atoms with van der Waals surface area (Å²) in [5.41, 5.74) is 8.77. The molecule has 0 aliphatic heterocycles. The fourth-order valence-corrected chi connectivity index (χ4v) is 2.27. The van der Waals surface area contributed by atoms with Crippen molar-refractivity contribution in [2.24, 2.45) is 5.73 Å². The molecular formula is C17H19F2N. The van der Waals surface area contributed by atoms with Crippen LogP contribution in [-0.2, 0) is 19.3 Å². The minimum atomic E-state index is -0.818. The summed E-state index contributed by atoms with van der Waals surface area (Å²) in [5.74, 6) is -1.61. The number of hydrogen-bond donors (Lipinski definition) is 1. The molecule has 0 fully saturated rings. The van der Waals surface area contributed by atoms with E-state index in [-0.39, 0.29) is 6.04 Å². The monoisotopic (exact) mass is 275 g/mol. The zero-order valence-electron chi connectivity index (χ0n) is 11.6. The van der Waals surface area contributed by atoms with E-state index in [1.807, 2.05) is 12.1 Å². The zero-order valence-corrected chi connectivity index (χ0v) is 11.6. The highest BCUT2D eigenvalue weighted by molar-refractivity contribution is 5.24. The van der Waals surface area contributed by atoms with E-state index in [9.17, 15) is 8.78 Å². The van der Waals surface area contributed by atoms with Gasteiger partial charge in [-0.05, 0) is 42.0 Å². The van der Waals surface area contributed by atoms with Crippen LogP contribution in [0, 0.1) is 11.6 Å². The van der Waals surface area contributed by atoms with Crippen molar-refractivity contribution in [3.63, 3.8) is 0 Å². The molecule has 0 aromatic heterocycles. The average molecular weight is 275 g/mol. The van der Waals surface area contributed by atoms with E-state index in [0.717, 1.165) is 18.1 Å². The lowest BCUT2D eigenvalue weighted by atomic mass is 9.98. The first-order chi connectivity index (χ1) is 9.60. The van der Waals surface area contributed by atoms with Crippen molar-refractivity contribution >= 4 is 0 Å². The van der Waals surface area contributed by atoms with Crippen LogP contribution in [0.2, 0.25) is 0 Å². The third kappa shape index (κ3) is 3.64. The van der Waals surface area contributed by atoms with Crippen LogP contribution >= 0.6 is 0 Å². The summed E-state index contributed by atoms with van der Waals surface area (Å²) in [6.45, 7) is 2.10. The van der Waals surface area contributed by atoms with Gasteiger partial charge < -0.3 is 5.73 Å². The lowest BCUT2D eigenvalue weighted by Crippen LogP contribution is -2.26. The fourth-order valence-electron chi connectivity index (χ4n) is 2.27. The number of benzene rings is 2. The molecule has 3 heteroatoms. The van der Waals surface area contributed by atoms with Crippen molar-refractivity contribution in [2.45, 2.75) is 32.2 Å². The molecule has 0 heterocycles. The van der Waals surface area contributed by atoms with E-state index < -0.39 is 11.6 Å². The molecule has 1 unspecified atom stereocenters. The molecule has 1 nitrogen and oxygen atoms in total. The second-order valence-corrected chi connectivity index (χ2v) is 5.05. The number of hydrogen-bond acceptors (Lipinski definition) is 1. The van der Waals surface area contributed by atoms with Crippen LogP contribution in [0.25, 0.3) is 0 Å². The quantitative estimate of drug-likeness (QED) is 0.885. The van der Waals surface area contributed by atoms with E-state index in [2.05, 4.69) is 19.1 Å². The van der Waals surface area contributed by atoms with Gasteiger partial charge in [-0.25, -0.2) is 8.78 Å². The van der Waals surface area contributed by atoms with E-state index >= 15 is 0 Å². The van der Waals surface area contributed by atoms with Gasteiger partial charge in [0.2, 0.25) is 0 Å². The SMILES string of the molecule is CCc1ccc(CC(N)Cc2cccc(F)c2F)cc1. The molecule has 0 saturated heterocycles. The van der Waals surface area contributed by atoms with Gasteiger partial charge in [0.05, 0.1) is 0 Å². The Bertz CT molecular complexity index is 564. The maximum Gasteiger partial charge on any atom is 0.162 e. The van der Waals surface area contributed by atoms with Crippen LogP contribution in [0.4, 0.5) is 8.78 Å². The molecule has 0 bridgehead atoms.